The van der Waals surface area contributed by atoms with E-state index in [0.29, 0.717) is 17.8 Å². The molecule has 0 saturated heterocycles. The summed E-state index contributed by atoms with van der Waals surface area (Å²) in [4.78, 5) is 20.1. The van der Waals surface area contributed by atoms with E-state index in [4.69, 9.17) is 0 Å². The molecule has 2 rings (SSSR count). The van der Waals surface area contributed by atoms with Gasteiger partial charge in [-0.05, 0) is 0 Å². The van der Waals surface area contributed by atoms with Crippen LogP contribution in [0.2, 0.25) is 0 Å². The third kappa shape index (κ3) is 1.98. The summed E-state index contributed by atoms with van der Waals surface area (Å²) in [5.41, 5.74) is 2.04. The SMILES string of the molecule is CCC(=O)c1nccnc1-c1ccccc1. The summed E-state index contributed by atoms with van der Waals surface area (Å²) >= 11 is 0. The Labute approximate surface area is 94.2 Å². The van der Waals surface area contributed by atoms with E-state index < -0.39 is 0 Å². The quantitative estimate of drug-likeness (QED) is 0.735. The molecule has 0 amide bonds. The van der Waals surface area contributed by atoms with Crippen molar-refractivity contribution >= 4 is 5.78 Å². The Morgan fingerprint density at radius 2 is 1.81 bits per heavy atom. The van der Waals surface area contributed by atoms with Crippen LogP contribution in [-0.2, 0) is 0 Å². The van der Waals surface area contributed by atoms with Gasteiger partial charge in [0.15, 0.2) is 5.78 Å². The van der Waals surface area contributed by atoms with Gasteiger partial charge in [-0.3, -0.25) is 9.78 Å². The predicted molar refractivity (Wildman–Crippen MR) is 62.1 cm³/mol. The third-order valence-corrected chi connectivity index (χ3v) is 2.33. The lowest BCUT2D eigenvalue weighted by atomic mass is 10.1. The van der Waals surface area contributed by atoms with Crippen LogP contribution in [0.15, 0.2) is 42.7 Å². The molecule has 3 heteroatoms. The number of hydrogen-bond donors (Lipinski definition) is 0. The maximum Gasteiger partial charge on any atom is 0.183 e. The van der Waals surface area contributed by atoms with Crippen molar-refractivity contribution in [3.8, 4) is 11.3 Å². The number of rotatable bonds is 3. The molecule has 0 spiro atoms. The molecular weight excluding hydrogens is 200 g/mol. The number of aromatic nitrogens is 2. The van der Waals surface area contributed by atoms with Crippen LogP contribution < -0.4 is 0 Å². The van der Waals surface area contributed by atoms with Crippen molar-refractivity contribution < 1.29 is 4.79 Å². The minimum Gasteiger partial charge on any atom is -0.292 e. The average molecular weight is 212 g/mol. The van der Waals surface area contributed by atoms with Crippen molar-refractivity contribution in [2.75, 3.05) is 0 Å². The van der Waals surface area contributed by atoms with E-state index in [1.807, 2.05) is 37.3 Å². The molecule has 1 heterocycles. The fourth-order valence-electron chi connectivity index (χ4n) is 1.52. The van der Waals surface area contributed by atoms with Gasteiger partial charge in [0.05, 0.1) is 5.69 Å². The zero-order chi connectivity index (χ0) is 11.4. The Morgan fingerprint density at radius 1 is 1.12 bits per heavy atom. The molecule has 16 heavy (non-hydrogen) atoms. The first kappa shape index (κ1) is 10.5. The first-order chi connectivity index (χ1) is 7.83. The molecule has 3 nitrogen and oxygen atoms in total. The molecule has 0 radical (unpaired) electrons. The van der Waals surface area contributed by atoms with Gasteiger partial charge >= 0.3 is 0 Å². The highest BCUT2D eigenvalue weighted by atomic mass is 16.1. The Hall–Kier alpha value is -2.03. The number of carbonyl (C=O) groups excluding carboxylic acids is 1. The third-order valence-electron chi connectivity index (χ3n) is 2.33. The van der Waals surface area contributed by atoms with Gasteiger partial charge < -0.3 is 0 Å². The Balaban J connectivity index is 2.53. The monoisotopic (exact) mass is 212 g/mol. The van der Waals surface area contributed by atoms with Crippen molar-refractivity contribution in [3.05, 3.63) is 48.4 Å². The maximum atomic E-state index is 11.7. The fourth-order valence-corrected chi connectivity index (χ4v) is 1.52. The van der Waals surface area contributed by atoms with Crippen LogP contribution >= 0.6 is 0 Å². The van der Waals surface area contributed by atoms with Crippen LogP contribution in [-0.4, -0.2) is 15.8 Å². The summed E-state index contributed by atoms with van der Waals surface area (Å²) < 4.78 is 0. The van der Waals surface area contributed by atoms with Crippen molar-refractivity contribution in [2.45, 2.75) is 13.3 Å². The zero-order valence-electron chi connectivity index (χ0n) is 9.05. The number of carbonyl (C=O) groups is 1. The Kier molecular flexibility index (Phi) is 3.05. The molecule has 1 aromatic carbocycles. The second-order valence-corrected chi connectivity index (χ2v) is 3.40. The van der Waals surface area contributed by atoms with E-state index in [9.17, 15) is 4.79 Å². The second-order valence-electron chi connectivity index (χ2n) is 3.40. The molecule has 0 aliphatic heterocycles. The summed E-state index contributed by atoms with van der Waals surface area (Å²) in [6.07, 6.45) is 3.60. The molecule has 2 aromatic rings. The number of hydrogen-bond acceptors (Lipinski definition) is 3. The summed E-state index contributed by atoms with van der Waals surface area (Å²) in [6.45, 7) is 1.83. The Bertz CT molecular complexity index is 494. The first-order valence-corrected chi connectivity index (χ1v) is 5.22. The van der Waals surface area contributed by atoms with E-state index in [-0.39, 0.29) is 5.78 Å². The molecule has 0 saturated carbocycles. The maximum absolute atomic E-state index is 11.7. The van der Waals surface area contributed by atoms with Crippen molar-refractivity contribution in [3.63, 3.8) is 0 Å². The molecule has 0 aliphatic carbocycles. The van der Waals surface area contributed by atoms with E-state index >= 15 is 0 Å². The molecule has 1 aromatic heterocycles. The van der Waals surface area contributed by atoms with Crippen LogP contribution in [0.1, 0.15) is 23.8 Å². The smallest absolute Gasteiger partial charge is 0.183 e. The van der Waals surface area contributed by atoms with Crippen molar-refractivity contribution in [1.82, 2.24) is 9.97 Å². The molecule has 0 N–H and O–H groups in total. The zero-order valence-corrected chi connectivity index (χ0v) is 9.05. The van der Waals surface area contributed by atoms with E-state index in [0.717, 1.165) is 5.56 Å². The van der Waals surface area contributed by atoms with Gasteiger partial charge in [0.25, 0.3) is 0 Å². The second kappa shape index (κ2) is 4.66. The van der Waals surface area contributed by atoms with Crippen LogP contribution in [0.25, 0.3) is 11.3 Å². The van der Waals surface area contributed by atoms with Gasteiger partial charge in [-0.1, -0.05) is 37.3 Å². The van der Waals surface area contributed by atoms with Crippen molar-refractivity contribution in [2.24, 2.45) is 0 Å². The van der Waals surface area contributed by atoms with Gasteiger partial charge in [-0.2, -0.15) is 0 Å². The molecule has 0 atom stereocenters. The minimum atomic E-state index is 0.0203. The molecule has 80 valence electrons. The summed E-state index contributed by atoms with van der Waals surface area (Å²) in [5.74, 6) is 0.0203. The molecule has 0 bridgehead atoms. The number of Topliss-reactive ketones (excluding diaryl/α,β-unsaturated/α-hetero) is 1. The van der Waals surface area contributed by atoms with Gasteiger partial charge in [0, 0.05) is 24.4 Å². The number of benzene rings is 1. The highest BCUT2D eigenvalue weighted by molar-refractivity contribution is 5.99. The van der Waals surface area contributed by atoms with Gasteiger partial charge in [-0.15, -0.1) is 0 Å². The topological polar surface area (TPSA) is 42.9 Å². The lowest BCUT2D eigenvalue weighted by Crippen LogP contribution is -2.04. The number of nitrogens with zero attached hydrogens (tertiary/aromatic N) is 2. The molecule has 0 aliphatic rings. The van der Waals surface area contributed by atoms with Crippen LogP contribution in [0.4, 0.5) is 0 Å². The van der Waals surface area contributed by atoms with Crippen LogP contribution in [0.3, 0.4) is 0 Å². The van der Waals surface area contributed by atoms with Gasteiger partial charge in [0.2, 0.25) is 0 Å². The van der Waals surface area contributed by atoms with Crippen LogP contribution in [0, 0.1) is 0 Å². The fraction of sp³-hybridized carbons (Fsp3) is 0.154. The predicted octanol–water partition coefficient (Wildman–Crippen LogP) is 2.74. The standard InChI is InChI=1S/C13H12N2O/c1-2-11(16)13-12(14-8-9-15-13)10-6-4-3-5-7-10/h3-9H,2H2,1H3. The minimum absolute atomic E-state index is 0.0203. The number of ketones is 1. The highest BCUT2D eigenvalue weighted by Gasteiger charge is 2.13. The molecular formula is C13H12N2O. The highest BCUT2D eigenvalue weighted by Crippen LogP contribution is 2.19. The summed E-state index contributed by atoms with van der Waals surface area (Å²) in [5, 5.41) is 0. The first-order valence-electron chi connectivity index (χ1n) is 5.22. The van der Waals surface area contributed by atoms with Crippen molar-refractivity contribution in [1.29, 1.82) is 0 Å². The normalized spacial score (nSPS) is 10.1. The Morgan fingerprint density at radius 3 is 2.50 bits per heavy atom. The molecule has 0 unspecified atom stereocenters. The van der Waals surface area contributed by atoms with Crippen LogP contribution in [0.5, 0.6) is 0 Å². The van der Waals surface area contributed by atoms with Gasteiger partial charge in [0.1, 0.15) is 5.69 Å². The summed E-state index contributed by atoms with van der Waals surface area (Å²) in [6, 6.07) is 9.63. The average Bonchev–Trinajstić information content (AvgIpc) is 2.39. The molecule has 0 fully saturated rings. The summed E-state index contributed by atoms with van der Waals surface area (Å²) in [7, 11) is 0. The lowest BCUT2D eigenvalue weighted by Gasteiger charge is -2.04. The van der Waals surface area contributed by atoms with E-state index in [1.165, 1.54) is 0 Å². The van der Waals surface area contributed by atoms with E-state index in [1.54, 1.807) is 12.4 Å². The van der Waals surface area contributed by atoms with Gasteiger partial charge in [-0.25, -0.2) is 4.98 Å². The van der Waals surface area contributed by atoms with E-state index in [2.05, 4.69) is 9.97 Å². The largest absolute Gasteiger partial charge is 0.292 e. The lowest BCUT2D eigenvalue weighted by molar-refractivity contribution is 0.0983.